The van der Waals surface area contributed by atoms with Gasteiger partial charge in [-0.2, -0.15) is 0 Å². The average molecular weight is 677 g/mol. The molecule has 0 bridgehead atoms. The number of methoxy groups -OCH3 is 1. The number of rotatable bonds is 19. The van der Waals surface area contributed by atoms with E-state index in [2.05, 4.69) is 47.0 Å². The van der Waals surface area contributed by atoms with Crippen molar-refractivity contribution in [3.05, 3.63) is 58.7 Å². The van der Waals surface area contributed by atoms with Gasteiger partial charge < -0.3 is 32.5 Å². The van der Waals surface area contributed by atoms with Crippen molar-refractivity contribution in [2.24, 2.45) is 0 Å². The minimum absolute atomic E-state index is 0.125. The van der Waals surface area contributed by atoms with Gasteiger partial charge in [-0.1, -0.05) is 57.9 Å². The molecule has 0 heterocycles. The number of unbranched alkanes of at least 4 members (excludes halogenated alkanes) is 1. The Morgan fingerprint density at radius 3 is 1.63 bits per heavy atom. The molecule has 258 valence electrons. The van der Waals surface area contributed by atoms with E-state index < -0.39 is 28.9 Å². The van der Waals surface area contributed by atoms with E-state index in [-0.39, 0.29) is 18.6 Å². The maximum Gasteiger partial charge on any atom is 0.513 e. The molecule has 0 aliphatic rings. The topological polar surface area (TPSA) is 98.8 Å². The van der Waals surface area contributed by atoms with Crippen LogP contribution in [-0.4, -0.2) is 69.1 Å². The molecule has 0 fully saturated rings. The predicted octanol–water partition coefficient (Wildman–Crippen LogP) is 8.94. The Balaban J connectivity index is 1.81. The average Bonchev–Trinajstić information content (AvgIpc) is 2.97. The van der Waals surface area contributed by atoms with Crippen LogP contribution in [-0.2, 0) is 28.5 Å². The fourth-order valence-corrected chi connectivity index (χ4v) is 14.3. The van der Waals surface area contributed by atoms with Crippen molar-refractivity contribution in [1.29, 1.82) is 0 Å². The minimum Gasteiger partial charge on any atom is -0.455 e. The summed E-state index contributed by atoms with van der Waals surface area (Å²) in [5, 5.41) is 0. The zero-order valence-electron chi connectivity index (χ0n) is 29.7. The van der Waals surface area contributed by atoms with Gasteiger partial charge in [-0.15, -0.1) is 0 Å². The smallest absolute Gasteiger partial charge is 0.455 e. The molecule has 0 saturated heterocycles. The molecule has 0 unspecified atom stereocenters. The van der Waals surface area contributed by atoms with Crippen LogP contribution in [0.25, 0.3) is 0 Å². The molecule has 0 atom stereocenters. The third-order valence-corrected chi connectivity index (χ3v) is 15.4. The molecule has 0 aliphatic heterocycles. The van der Waals surface area contributed by atoms with E-state index >= 15 is 0 Å². The van der Waals surface area contributed by atoms with Crippen molar-refractivity contribution < 1.29 is 42.1 Å². The molecular formula is C35H56O9Si2. The highest BCUT2D eigenvalue weighted by Gasteiger charge is 2.32. The van der Waals surface area contributed by atoms with Crippen LogP contribution >= 0.6 is 0 Å². The van der Waals surface area contributed by atoms with Crippen molar-refractivity contribution in [1.82, 2.24) is 0 Å². The van der Waals surface area contributed by atoms with E-state index in [0.717, 1.165) is 34.7 Å². The third kappa shape index (κ3) is 13.6. The molecule has 0 N–H and O–H groups in total. The Hall–Kier alpha value is -2.71. The van der Waals surface area contributed by atoms with E-state index in [4.69, 9.17) is 32.5 Å². The van der Waals surface area contributed by atoms with Crippen LogP contribution < -0.4 is 9.47 Å². The summed E-state index contributed by atoms with van der Waals surface area (Å²) in [6.45, 7) is 20.9. The lowest BCUT2D eigenvalue weighted by atomic mass is 9.77. The summed E-state index contributed by atoms with van der Waals surface area (Å²) in [4.78, 5) is 24.3. The molecule has 2 rings (SSSR count). The van der Waals surface area contributed by atoms with Crippen molar-refractivity contribution in [3.63, 3.8) is 0 Å². The van der Waals surface area contributed by atoms with Crippen LogP contribution in [0, 0.1) is 13.8 Å². The van der Waals surface area contributed by atoms with Crippen LogP contribution in [0.3, 0.4) is 0 Å². The minimum atomic E-state index is -1.72. The Morgan fingerprint density at radius 2 is 1.17 bits per heavy atom. The fraction of sp³-hybridized carbons (Fsp3) is 0.600. The third-order valence-electron chi connectivity index (χ3n) is 7.89. The van der Waals surface area contributed by atoms with Crippen LogP contribution in [0.5, 0.6) is 11.5 Å². The van der Waals surface area contributed by atoms with Gasteiger partial charge in [0.25, 0.3) is 0 Å². The molecule has 2 aromatic carbocycles. The Bertz CT molecular complexity index is 1260. The first kappa shape index (κ1) is 39.5. The monoisotopic (exact) mass is 676 g/mol. The predicted molar refractivity (Wildman–Crippen MR) is 186 cm³/mol. The standard InChI is InChI=1S/C35H56O9Si2/c1-11-12-23-45(7,8)44-46(9,10)24-13-18-39-20-22-41-34(37)43-32-17-15-30(26-28(32)3)35(4,5)29-14-16-31(27(2)25-29)42-33(36)40-21-19-38-6/h14-17,25-26H,11-13,18-24H2,1-10H3. The Labute approximate surface area is 278 Å². The largest absolute Gasteiger partial charge is 0.513 e. The molecule has 0 spiro atoms. The molecule has 2 aromatic rings. The highest BCUT2D eigenvalue weighted by molar-refractivity contribution is 6.84. The first-order valence-electron chi connectivity index (χ1n) is 16.3. The van der Waals surface area contributed by atoms with Gasteiger partial charge in [0.2, 0.25) is 0 Å². The lowest BCUT2D eigenvalue weighted by Gasteiger charge is -2.34. The Morgan fingerprint density at radius 1 is 0.696 bits per heavy atom. The van der Waals surface area contributed by atoms with Gasteiger partial charge >= 0.3 is 12.3 Å². The molecule has 0 saturated carbocycles. The van der Waals surface area contributed by atoms with Crippen LogP contribution in [0.2, 0.25) is 38.3 Å². The molecule has 0 radical (unpaired) electrons. The summed E-state index contributed by atoms with van der Waals surface area (Å²) < 4.78 is 38.3. The van der Waals surface area contributed by atoms with Crippen molar-refractivity contribution >= 4 is 28.9 Å². The summed E-state index contributed by atoms with van der Waals surface area (Å²) in [7, 11) is -1.79. The fourth-order valence-electron chi connectivity index (χ4n) is 5.26. The number of hydrogen-bond acceptors (Lipinski definition) is 9. The number of carbonyl (C=O) groups is 2. The number of carbonyl (C=O) groups excluding carboxylic acids is 2. The maximum absolute atomic E-state index is 12.4. The van der Waals surface area contributed by atoms with Crippen molar-refractivity contribution in [2.45, 2.75) is 97.6 Å². The van der Waals surface area contributed by atoms with Gasteiger partial charge in [-0.3, -0.25) is 0 Å². The van der Waals surface area contributed by atoms with Gasteiger partial charge in [-0.25, -0.2) is 9.59 Å². The number of benzene rings is 2. The summed E-state index contributed by atoms with van der Waals surface area (Å²) in [5.41, 5.74) is 3.31. The van der Waals surface area contributed by atoms with Gasteiger partial charge in [0.05, 0.1) is 13.2 Å². The molecule has 0 amide bonds. The quantitative estimate of drug-likeness (QED) is 0.0625. The SMILES string of the molecule is CCCC[Si](C)(C)O[Si](C)(C)CCCOCCOC(=O)Oc1ccc(C(C)(C)c2ccc(OC(=O)OCCOC)c(C)c2)cc1C. The highest BCUT2D eigenvalue weighted by atomic mass is 28.4. The zero-order chi connectivity index (χ0) is 34.4. The van der Waals surface area contributed by atoms with Crippen molar-refractivity contribution in [2.75, 3.05) is 40.1 Å². The normalized spacial score (nSPS) is 12.1. The highest BCUT2D eigenvalue weighted by Crippen LogP contribution is 2.36. The van der Waals surface area contributed by atoms with Crippen LogP contribution in [0.1, 0.15) is 62.3 Å². The molecular weight excluding hydrogens is 621 g/mol. The Kier molecular flexibility index (Phi) is 15.9. The van der Waals surface area contributed by atoms with E-state index in [1.807, 2.05) is 38.1 Å². The van der Waals surface area contributed by atoms with Crippen LogP contribution in [0.15, 0.2) is 36.4 Å². The van der Waals surface area contributed by atoms with Gasteiger partial charge in [0.1, 0.15) is 24.7 Å². The summed E-state index contributed by atoms with van der Waals surface area (Å²) in [5.74, 6) is 0.875. The molecule has 0 aliphatic carbocycles. The summed E-state index contributed by atoms with van der Waals surface area (Å²) in [6, 6.07) is 13.7. The molecule has 46 heavy (non-hydrogen) atoms. The summed E-state index contributed by atoms with van der Waals surface area (Å²) >= 11 is 0. The van der Waals surface area contributed by atoms with Gasteiger partial charge in [0, 0.05) is 19.1 Å². The van der Waals surface area contributed by atoms with E-state index in [0.29, 0.717) is 31.3 Å². The van der Waals surface area contributed by atoms with E-state index in [9.17, 15) is 9.59 Å². The maximum atomic E-state index is 12.4. The van der Waals surface area contributed by atoms with E-state index in [1.54, 1.807) is 12.1 Å². The number of aryl methyl sites for hydroxylation is 2. The lowest BCUT2D eigenvalue weighted by molar-refractivity contribution is 0.0520. The second-order valence-corrected chi connectivity index (χ2v) is 22.3. The zero-order valence-corrected chi connectivity index (χ0v) is 31.7. The first-order valence-corrected chi connectivity index (χ1v) is 22.5. The first-order chi connectivity index (χ1) is 21.6. The molecule has 11 heteroatoms. The van der Waals surface area contributed by atoms with Crippen LogP contribution in [0.4, 0.5) is 9.59 Å². The van der Waals surface area contributed by atoms with Gasteiger partial charge in [0.15, 0.2) is 16.6 Å². The van der Waals surface area contributed by atoms with Gasteiger partial charge in [-0.05, 0) is 92.9 Å². The number of hydrogen-bond donors (Lipinski definition) is 0. The second kappa shape index (κ2) is 18.6. The van der Waals surface area contributed by atoms with E-state index in [1.165, 1.54) is 26.0 Å². The summed E-state index contributed by atoms with van der Waals surface area (Å²) in [6.07, 6.45) is 1.86. The second-order valence-electron chi connectivity index (χ2n) is 13.4. The molecule has 9 nitrogen and oxygen atoms in total. The lowest BCUT2D eigenvalue weighted by Crippen LogP contribution is -2.44. The molecule has 0 aromatic heterocycles. The number of ether oxygens (including phenoxy) is 6. The van der Waals surface area contributed by atoms with Crippen molar-refractivity contribution in [3.8, 4) is 11.5 Å².